The van der Waals surface area contributed by atoms with Crippen LogP contribution >= 0.6 is 0 Å². The highest BCUT2D eigenvalue weighted by molar-refractivity contribution is 5.99. The van der Waals surface area contributed by atoms with Gasteiger partial charge in [0.15, 0.2) is 5.69 Å². The van der Waals surface area contributed by atoms with Gasteiger partial charge in [-0.2, -0.15) is 5.10 Å². The van der Waals surface area contributed by atoms with Crippen LogP contribution in [-0.4, -0.2) is 56.5 Å². The first kappa shape index (κ1) is 19.6. The van der Waals surface area contributed by atoms with Crippen LogP contribution in [0.15, 0.2) is 30.3 Å². The maximum absolute atomic E-state index is 13.4. The molecule has 7 nitrogen and oxygen atoms in total. The van der Waals surface area contributed by atoms with E-state index in [4.69, 9.17) is 4.74 Å². The molecule has 1 aromatic heterocycles. The Morgan fingerprint density at radius 3 is 2.69 bits per heavy atom. The number of H-pyrrole nitrogens is 1. The SMILES string of the molecule is C[C@@H]1Cc2c(C(=O)N3CCN(Cc4ccccc4)C(=O)C3(C)C)n[nH]c2[C@H](C)O1. The van der Waals surface area contributed by atoms with Gasteiger partial charge in [0.25, 0.3) is 5.91 Å². The third-order valence-electron chi connectivity index (χ3n) is 5.98. The normalized spacial score (nSPS) is 23.8. The number of aromatic amines is 1. The van der Waals surface area contributed by atoms with Gasteiger partial charge in [-0.1, -0.05) is 30.3 Å². The van der Waals surface area contributed by atoms with Gasteiger partial charge in [0.1, 0.15) is 5.54 Å². The summed E-state index contributed by atoms with van der Waals surface area (Å²) < 4.78 is 5.82. The van der Waals surface area contributed by atoms with Crippen molar-refractivity contribution in [3.8, 4) is 0 Å². The summed E-state index contributed by atoms with van der Waals surface area (Å²) in [6.45, 7) is 9.12. The van der Waals surface area contributed by atoms with Crippen molar-refractivity contribution in [1.82, 2.24) is 20.0 Å². The molecule has 0 unspecified atom stereocenters. The molecule has 154 valence electrons. The number of hydrogen-bond donors (Lipinski definition) is 1. The van der Waals surface area contributed by atoms with Crippen LogP contribution in [0, 0.1) is 0 Å². The molecule has 0 aliphatic carbocycles. The Morgan fingerprint density at radius 2 is 1.97 bits per heavy atom. The molecular formula is C22H28N4O3. The molecule has 3 heterocycles. The lowest BCUT2D eigenvalue weighted by Gasteiger charge is -2.45. The first-order chi connectivity index (χ1) is 13.8. The predicted octanol–water partition coefficient (Wildman–Crippen LogP) is 2.70. The van der Waals surface area contributed by atoms with E-state index >= 15 is 0 Å². The average Bonchev–Trinajstić information content (AvgIpc) is 3.10. The molecule has 29 heavy (non-hydrogen) atoms. The number of nitrogens with zero attached hydrogens (tertiary/aromatic N) is 3. The Bertz CT molecular complexity index is 921. The molecule has 2 aromatic rings. The number of amides is 2. The summed E-state index contributed by atoms with van der Waals surface area (Å²) in [6.07, 6.45) is 0.540. The standard InChI is InChI=1S/C22H28N4O3/c1-14-12-17-18(15(2)29-14)23-24-19(17)20(27)26-11-10-25(21(28)22(26,3)4)13-16-8-6-5-7-9-16/h5-9,14-15H,10-13H2,1-4H3,(H,23,24)/t14-,15+/m1/s1. The molecule has 1 saturated heterocycles. The zero-order valence-electron chi connectivity index (χ0n) is 17.4. The summed E-state index contributed by atoms with van der Waals surface area (Å²) in [5.74, 6) is -0.239. The second kappa shape index (κ2) is 7.30. The summed E-state index contributed by atoms with van der Waals surface area (Å²) in [6, 6.07) is 9.92. The molecule has 2 aliphatic rings. The largest absolute Gasteiger partial charge is 0.369 e. The number of fused-ring (bicyclic) bond motifs is 1. The van der Waals surface area contributed by atoms with E-state index in [0.29, 0.717) is 31.7 Å². The molecule has 0 bridgehead atoms. The van der Waals surface area contributed by atoms with Crippen molar-refractivity contribution >= 4 is 11.8 Å². The maximum atomic E-state index is 13.4. The number of ether oxygens (including phenoxy) is 1. The van der Waals surface area contributed by atoms with Gasteiger partial charge in [-0.3, -0.25) is 14.7 Å². The van der Waals surface area contributed by atoms with Crippen LogP contribution in [-0.2, 0) is 22.5 Å². The summed E-state index contributed by atoms with van der Waals surface area (Å²) in [5, 5.41) is 7.29. The quantitative estimate of drug-likeness (QED) is 0.865. The summed E-state index contributed by atoms with van der Waals surface area (Å²) >= 11 is 0. The number of carbonyl (C=O) groups excluding carboxylic acids is 2. The first-order valence-corrected chi connectivity index (χ1v) is 10.2. The molecule has 2 amide bonds. The van der Waals surface area contributed by atoms with E-state index in [1.54, 1.807) is 4.90 Å². The minimum absolute atomic E-state index is 0.0269. The van der Waals surface area contributed by atoms with Gasteiger partial charge in [-0.05, 0) is 33.3 Å². The van der Waals surface area contributed by atoms with E-state index < -0.39 is 5.54 Å². The molecule has 4 rings (SSSR count). The van der Waals surface area contributed by atoms with Crippen molar-refractivity contribution in [1.29, 1.82) is 0 Å². The molecule has 0 spiro atoms. The van der Waals surface area contributed by atoms with E-state index in [1.807, 2.05) is 62.9 Å². The van der Waals surface area contributed by atoms with Gasteiger partial charge in [0.2, 0.25) is 5.91 Å². The first-order valence-electron chi connectivity index (χ1n) is 10.2. The number of piperazine rings is 1. The Labute approximate surface area is 171 Å². The minimum Gasteiger partial charge on any atom is -0.369 e. The Kier molecular flexibility index (Phi) is 4.94. The summed E-state index contributed by atoms with van der Waals surface area (Å²) in [7, 11) is 0. The number of nitrogens with one attached hydrogen (secondary N) is 1. The van der Waals surface area contributed by atoms with Crippen molar-refractivity contribution in [3.63, 3.8) is 0 Å². The molecular weight excluding hydrogens is 368 g/mol. The fourth-order valence-electron chi connectivity index (χ4n) is 4.39. The van der Waals surface area contributed by atoms with Crippen LogP contribution in [0.5, 0.6) is 0 Å². The highest BCUT2D eigenvalue weighted by atomic mass is 16.5. The van der Waals surface area contributed by atoms with Crippen molar-refractivity contribution in [2.45, 2.75) is 58.4 Å². The topological polar surface area (TPSA) is 78.5 Å². The molecule has 2 aliphatic heterocycles. The van der Waals surface area contributed by atoms with Crippen molar-refractivity contribution < 1.29 is 14.3 Å². The van der Waals surface area contributed by atoms with Gasteiger partial charge in [-0.15, -0.1) is 0 Å². The fourth-order valence-corrected chi connectivity index (χ4v) is 4.39. The van der Waals surface area contributed by atoms with Gasteiger partial charge in [-0.25, -0.2) is 0 Å². The van der Waals surface area contributed by atoms with E-state index in [-0.39, 0.29) is 24.0 Å². The Morgan fingerprint density at radius 1 is 1.24 bits per heavy atom. The minimum atomic E-state index is -0.932. The van der Waals surface area contributed by atoms with Crippen LogP contribution in [0.3, 0.4) is 0 Å². The van der Waals surface area contributed by atoms with Crippen LogP contribution in [0.2, 0.25) is 0 Å². The van der Waals surface area contributed by atoms with Gasteiger partial charge in [0.05, 0.1) is 17.9 Å². The fraction of sp³-hybridized carbons (Fsp3) is 0.500. The summed E-state index contributed by atoms with van der Waals surface area (Å²) in [4.78, 5) is 30.1. The van der Waals surface area contributed by atoms with Gasteiger partial charge in [0, 0.05) is 31.6 Å². The maximum Gasteiger partial charge on any atom is 0.275 e. The van der Waals surface area contributed by atoms with E-state index in [1.165, 1.54) is 0 Å². The third-order valence-corrected chi connectivity index (χ3v) is 5.98. The van der Waals surface area contributed by atoms with E-state index in [0.717, 1.165) is 16.8 Å². The number of benzene rings is 1. The lowest BCUT2D eigenvalue weighted by Crippen LogP contribution is -2.64. The second-order valence-corrected chi connectivity index (χ2v) is 8.49. The average molecular weight is 396 g/mol. The lowest BCUT2D eigenvalue weighted by molar-refractivity contribution is -0.147. The summed E-state index contributed by atoms with van der Waals surface area (Å²) in [5.41, 5.74) is 2.34. The molecule has 1 fully saturated rings. The lowest BCUT2D eigenvalue weighted by atomic mass is 9.94. The van der Waals surface area contributed by atoms with E-state index in [2.05, 4.69) is 10.2 Å². The monoisotopic (exact) mass is 396 g/mol. The molecule has 2 atom stereocenters. The number of hydrogen-bond acceptors (Lipinski definition) is 4. The van der Waals surface area contributed by atoms with Gasteiger partial charge < -0.3 is 14.5 Å². The molecule has 1 N–H and O–H groups in total. The van der Waals surface area contributed by atoms with Gasteiger partial charge >= 0.3 is 0 Å². The van der Waals surface area contributed by atoms with Crippen molar-refractivity contribution in [2.75, 3.05) is 13.1 Å². The number of aromatic nitrogens is 2. The molecule has 0 radical (unpaired) electrons. The highest BCUT2D eigenvalue weighted by Gasteiger charge is 2.45. The van der Waals surface area contributed by atoms with Crippen LogP contribution < -0.4 is 0 Å². The Balaban J connectivity index is 1.56. The highest BCUT2D eigenvalue weighted by Crippen LogP contribution is 2.32. The van der Waals surface area contributed by atoms with Crippen molar-refractivity contribution in [2.24, 2.45) is 0 Å². The number of rotatable bonds is 3. The molecule has 1 aromatic carbocycles. The zero-order chi connectivity index (χ0) is 20.8. The van der Waals surface area contributed by atoms with Crippen LogP contribution in [0.4, 0.5) is 0 Å². The molecule has 7 heteroatoms. The Hall–Kier alpha value is -2.67. The number of carbonyl (C=O) groups is 2. The van der Waals surface area contributed by atoms with Crippen LogP contribution in [0.25, 0.3) is 0 Å². The zero-order valence-corrected chi connectivity index (χ0v) is 17.4. The van der Waals surface area contributed by atoms with Crippen molar-refractivity contribution in [3.05, 3.63) is 52.8 Å². The predicted molar refractivity (Wildman–Crippen MR) is 108 cm³/mol. The molecule has 0 saturated carbocycles. The third kappa shape index (κ3) is 3.44. The smallest absolute Gasteiger partial charge is 0.275 e. The van der Waals surface area contributed by atoms with E-state index in [9.17, 15) is 9.59 Å². The second-order valence-electron chi connectivity index (χ2n) is 8.49. The van der Waals surface area contributed by atoms with Crippen LogP contribution in [0.1, 0.15) is 61.1 Å².